The van der Waals surface area contributed by atoms with Crippen molar-refractivity contribution in [2.75, 3.05) is 11.9 Å². The maximum atomic E-state index is 11.4. The second kappa shape index (κ2) is 5.18. The van der Waals surface area contributed by atoms with E-state index in [0.29, 0.717) is 12.2 Å². The van der Waals surface area contributed by atoms with Crippen LogP contribution in [0.1, 0.15) is 11.4 Å². The van der Waals surface area contributed by atoms with Crippen molar-refractivity contribution in [1.82, 2.24) is 15.2 Å². The van der Waals surface area contributed by atoms with E-state index in [-0.39, 0.29) is 5.02 Å². The normalized spacial score (nSPS) is 10.4. The Bertz CT molecular complexity index is 611. The molecule has 0 unspecified atom stereocenters. The minimum atomic E-state index is -0.391. The van der Waals surface area contributed by atoms with Crippen molar-refractivity contribution in [2.24, 2.45) is 0 Å². The first-order valence-corrected chi connectivity index (χ1v) is 5.82. The van der Waals surface area contributed by atoms with Gasteiger partial charge < -0.3 is 4.90 Å². The Hall–Kier alpha value is -1.88. The zero-order chi connectivity index (χ0) is 13.1. The Morgan fingerprint density at radius 3 is 2.94 bits per heavy atom. The summed E-state index contributed by atoms with van der Waals surface area (Å²) >= 11 is 5.94. The number of aromatic nitrogens is 3. The summed E-state index contributed by atoms with van der Waals surface area (Å²) in [4.78, 5) is 17.6. The summed E-state index contributed by atoms with van der Waals surface area (Å²) in [6, 6.07) is 5.81. The van der Waals surface area contributed by atoms with E-state index < -0.39 is 5.56 Å². The highest BCUT2D eigenvalue weighted by Gasteiger charge is 2.10. The molecule has 2 aromatic heterocycles. The molecule has 18 heavy (non-hydrogen) atoms. The largest absolute Gasteiger partial charge is 0.366 e. The van der Waals surface area contributed by atoms with Crippen molar-refractivity contribution in [3.63, 3.8) is 0 Å². The standard InChI is InChI=1S/C12H13ClN4O/c1-8-4-3-5-9(15-8)7-17(2)10-6-14-16-12(18)11(10)13/h3-6H,7H2,1-2H3,(H,16,18). The Kier molecular flexibility index (Phi) is 3.62. The lowest BCUT2D eigenvalue weighted by molar-refractivity contribution is 0.861. The predicted octanol–water partition coefficient (Wildman–Crippen LogP) is 1.76. The van der Waals surface area contributed by atoms with Gasteiger partial charge in [-0.15, -0.1) is 0 Å². The summed E-state index contributed by atoms with van der Waals surface area (Å²) in [5.74, 6) is 0. The maximum Gasteiger partial charge on any atom is 0.285 e. The van der Waals surface area contributed by atoms with E-state index in [4.69, 9.17) is 11.6 Å². The molecule has 0 aliphatic heterocycles. The number of hydrogen-bond acceptors (Lipinski definition) is 4. The number of H-pyrrole nitrogens is 1. The highest BCUT2D eigenvalue weighted by atomic mass is 35.5. The van der Waals surface area contributed by atoms with Crippen molar-refractivity contribution in [3.8, 4) is 0 Å². The van der Waals surface area contributed by atoms with Gasteiger partial charge in [-0.2, -0.15) is 5.10 Å². The van der Waals surface area contributed by atoms with Gasteiger partial charge in [0.2, 0.25) is 0 Å². The molecule has 0 atom stereocenters. The van der Waals surface area contributed by atoms with Crippen LogP contribution >= 0.6 is 11.6 Å². The van der Waals surface area contributed by atoms with E-state index in [1.807, 2.05) is 37.1 Å². The van der Waals surface area contributed by atoms with E-state index in [9.17, 15) is 4.79 Å². The number of anilines is 1. The van der Waals surface area contributed by atoms with Crippen molar-refractivity contribution in [3.05, 3.63) is 51.2 Å². The third-order valence-corrected chi connectivity index (χ3v) is 2.90. The van der Waals surface area contributed by atoms with Gasteiger partial charge in [0.25, 0.3) is 5.56 Å². The molecular weight excluding hydrogens is 252 g/mol. The van der Waals surface area contributed by atoms with Gasteiger partial charge in [0, 0.05) is 12.7 Å². The van der Waals surface area contributed by atoms with E-state index in [1.54, 1.807) is 0 Å². The molecular formula is C12H13ClN4O. The molecule has 0 amide bonds. The Morgan fingerprint density at radius 1 is 1.44 bits per heavy atom. The summed E-state index contributed by atoms with van der Waals surface area (Å²) in [7, 11) is 1.84. The Morgan fingerprint density at radius 2 is 2.22 bits per heavy atom. The van der Waals surface area contributed by atoms with Crippen molar-refractivity contribution in [2.45, 2.75) is 13.5 Å². The smallest absolute Gasteiger partial charge is 0.285 e. The average Bonchev–Trinajstić information content (AvgIpc) is 2.32. The van der Waals surface area contributed by atoms with E-state index in [1.165, 1.54) is 6.20 Å². The second-order valence-electron chi connectivity index (χ2n) is 4.02. The third-order valence-electron chi connectivity index (χ3n) is 2.53. The maximum absolute atomic E-state index is 11.4. The van der Waals surface area contributed by atoms with Gasteiger partial charge in [0.1, 0.15) is 5.02 Å². The number of hydrogen-bond donors (Lipinski definition) is 1. The van der Waals surface area contributed by atoms with Gasteiger partial charge in [-0.05, 0) is 19.1 Å². The van der Waals surface area contributed by atoms with Crippen LogP contribution in [0.15, 0.2) is 29.2 Å². The molecule has 6 heteroatoms. The fourth-order valence-corrected chi connectivity index (χ4v) is 1.89. The predicted molar refractivity (Wildman–Crippen MR) is 70.9 cm³/mol. The Labute approximate surface area is 109 Å². The first-order valence-electron chi connectivity index (χ1n) is 5.45. The van der Waals surface area contributed by atoms with Crippen molar-refractivity contribution < 1.29 is 0 Å². The zero-order valence-electron chi connectivity index (χ0n) is 10.1. The molecule has 5 nitrogen and oxygen atoms in total. The highest BCUT2D eigenvalue weighted by molar-refractivity contribution is 6.32. The fourth-order valence-electron chi connectivity index (χ4n) is 1.66. The number of pyridine rings is 1. The van der Waals surface area contributed by atoms with Crippen molar-refractivity contribution in [1.29, 1.82) is 0 Å². The average molecular weight is 265 g/mol. The molecule has 0 aromatic carbocycles. The number of rotatable bonds is 3. The summed E-state index contributed by atoms with van der Waals surface area (Å²) < 4.78 is 0. The molecule has 0 aliphatic carbocycles. The SMILES string of the molecule is Cc1cccc(CN(C)c2cn[nH]c(=O)c2Cl)n1. The van der Waals surface area contributed by atoms with Crippen LogP contribution in [0.25, 0.3) is 0 Å². The minimum absolute atomic E-state index is 0.139. The van der Waals surface area contributed by atoms with E-state index in [2.05, 4.69) is 15.2 Å². The molecule has 0 fully saturated rings. The number of halogens is 1. The molecule has 1 N–H and O–H groups in total. The third kappa shape index (κ3) is 2.68. The number of aryl methyl sites for hydroxylation is 1. The number of nitrogens with one attached hydrogen (secondary N) is 1. The van der Waals surface area contributed by atoms with Gasteiger partial charge >= 0.3 is 0 Å². The van der Waals surface area contributed by atoms with Crippen LogP contribution in [0.3, 0.4) is 0 Å². The highest BCUT2D eigenvalue weighted by Crippen LogP contribution is 2.20. The lowest BCUT2D eigenvalue weighted by Crippen LogP contribution is -2.21. The van der Waals surface area contributed by atoms with Crippen LogP contribution in [0, 0.1) is 6.92 Å². The monoisotopic (exact) mass is 264 g/mol. The first kappa shape index (κ1) is 12.6. The summed E-state index contributed by atoms with van der Waals surface area (Å²) in [5.41, 5.74) is 2.06. The van der Waals surface area contributed by atoms with Gasteiger partial charge in [-0.3, -0.25) is 9.78 Å². The van der Waals surface area contributed by atoms with Gasteiger partial charge in [0.15, 0.2) is 0 Å². The molecule has 0 saturated carbocycles. The quantitative estimate of drug-likeness (QED) is 0.918. The molecule has 2 aromatic rings. The molecule has 0 spiro atoms. The second-order valence-corrected chi connectivity index (χ2v) is 4.40. The molecule has 0 aliphatic rings. The number of nitrogens with zero attached hydrogens (tertiary/aromatic N) is 3. The van der Waals surface area contributed by atoms with Crippen LogP contribution in [-0.4, -0.2) is 22.2 Å². The van der Waals surface area contributed by atoms with Gasteiger partial charge in [-0.25, -0.2) is 5.10 Å². The van der Waals surface area contributed by atoms with Crippen molar-refractivity contribution >= 4 is 17.3 Å². The summed E-state index contributed by atoms with van der Waals surface area (Å²) in [6.07, 6.45) is 1.53. The van der Waals surface area contributed by atoms with Crippen LogP contribution in [0.2, 0.25) is 5.02 Å². The van der Waals surface area contributed by atoms with Gasteiger partial charge in [-0.1, -0.05) is 17.7 Å². The minimum Gasteiger partial charge on any atom is -0.366 e. The van der Waals surface area contributed by atoms with E-state index >= 15 is 0 Å². The molecule has 0 saturated heterocycles. The topological polar surface area (TPSA) is 61.9 Å². The lowest BCUT2D eigenvalue weighted by Gasteiger charge is -2.19. The molecule has 0 bridgehead atoms. The lowest BCUT2D eigenvalue weighted by atomic mass is 10.3. The zero-order valence-corrected chi connectivity index (χ0v) is 10.9. The molecule has 94 valence electrons. The molecule has 2 rings (SSSR count). The molecule has 0 radical (unpaired) electrons. The summed E-state index contributed by atoms with van der Waals surface area (Å²) in [5, 5.41) is 6.17. The van der Waals surface area contributed by atoms with E-state index in [0.717, 1.165) is 11.4 Å². The van der Waals surface area contributed by atoms with Crippen LogP contribution < -0.4 is 10.5 Å². The van der Waals surface area contributed by atoms with Gasteiger partial charge in [0.05, 0.1) is 24.1 Å². The van der Waals surface area contributed by atoms with Crippen LogP contribution in [-0.2, 0) is 6.54 Å². The Balaban J connectivity index is 2.25. The summed E-state index contributed by atoms with van der Waals surface area (Å²) in [6.45, 7) is 2.50. The van der Waals surface area contributed by atoms with Crippen LogP contribution in [0.5, 0.6) is 0 Å². The molecule has 2 heterocycles. The van der Waals surface area contributed by atoms with Crippen LogP contribution in [0.4, 0.5) is 5.69 Å². The first-order chi connectivity index (χ1) is 8.58. The fraction of sp³-hybridized carbons (Fsp3) is 0.250. The number of aromatic amines is 1.